The third-order valence-corrected chi connectivity index (χ3v) is 3.87. The Balaban J connectivity index is 0.000000359. The molecule has 0 N–H and O–H groups in total. The summed E-state index contributed by atoms with van der Waals surface area (Å²) < 4.78 is 9.59. The molecule has 0 aromatic heterocycles. The average molecular weight is 363 g/mol. The molecule has 1 saturated heterocycles. The van der Waals surface area contributed by atoms with Gasteiger partial charge in [-0.25, -0.2) is 4.79 Å². The van der Waals surface area contributed by atoms with Crippen molar-refractivity contribution in [3.8, 4) is 0 Å². The summed E-state index contributed by atoms with van der Waals surface area (Å²) in [7, 11) is 1.36. The van der Waals surface area contributed by atoms with Gasteiger partial charge in [-0.1, -0.05) is 25.1 Å². The van der Waals surface area contributed by atoms with Crippen molar-refractivity contribution >= 4 is 17.8 Å². The maximum absolute atomic E-state index is 12.3. The molecule has 0 aliphatic carbocycles. The largest absolute Gasteiger partial charge is 0.467 e. The van der Waals surface area contributed by atoms with Crippen molar-refractivity contribution in [1.29, 1.82) is 0 Å². The quantitative estimate of drug-likeness (QED) is 0.755. The zero-order chi connectivity index (χ0) is 19.9. The normalized spacial score (nSPS) is 19.2. The summed E-state index contributed by atoms with van der Waals surface area (Å²) in [5.41, 5.74) is 0.284. The van der Waals surface area contributed by atoms with Crippen LogP contribution in [-0.4, -0.2) is 48.0 Å². The lowest BCUT2D eigenvalue weighted by Gasteiger charge is -2.24. The first-order chi connectivity index (χ1) is 12.1. The molecule has 1 fully saturated rings. The molecule has 0 saturated carbocycles. The molecule has 144 valence electrons. The smallest absolute Gasteiger partial charge is 0.328 e. The van der Waals surface area contributed by atoms with Gasteiger partial charge in [-0.2, -0.15) is 0 Å². The topological polar surface area (TPSA) is 72.9 Å². The molecule has 0 radical (unpaired) electrons. The second-order valence-corrected chi connectivity index (χ2v) is 7.30. The van der Waals surface area contributed by atoms with Gasteiger partial charge in [-0.05, 0) is 45.2 Å². The number of ether oxygens (including phenoxy) is 2. The molecule has 6 nitrogen and oxygen atoms in total. The van der Waals surface area contributed by atoms with E-state index in [2.05, 4.69) is 0 Å². The van der Waals surface area contributed by atoms with Gasteiger partial charge in [0.05, 0.1) is 7.11 Å². The molecule has 2 unspecified atom stereocenters. The predicted molar refractivity (Wildman–Crippen MR) is 98.6 cm³/mol. The predicted octanol–water partition coefficient (Wildman–Crippen LogP) is 3.06. The Hall–Kier alpha value is -2.37. The Bertz CT molecular complexity index is 621. The third-order valence-electron chi connectivity index (χ3n) is 3.87. The van der Waals surface area contributed by atoms with Gasteiger partial charge in [0.15, 0.2) is 0 Å². The van der Waals surface area contributed by atoms with Crippen LogP contribution in [0.25, 0.3) is 0 Å². The van der Waals surface area contributed by atoms with Crippen molar-refractivity contribution in [1.82, 2.24) is 4.90 Å². The van der Waals surface area contributed by atoms with Crippen LogP contribution in [0.5, 0.6) is 0 Å². The fraction of sp³-hybridized carbons (Fsp3) is 0.550. The molecule has 1 aliphatic rings. The minimum Gasteiger partial charge on any atom is -0.467 e. The first-order valence-corrected chi connectivity index (χ1v) is 8.70. The fourth-order valence-corrected chi connectivity index (χ4v) is 2.83. The minimum atomic E-state index is -0.456. The molecule has 1 aromatic rings. The van der Waals surface area contributed by atoms with Crippen molar-refractivity contribution < 1.29 is 23.9 Å². The minimum absolute atomic E-state index is 0.102. The Morgan fingerprint density at radius 3 is 2.12 bits per heavy atom. The molecular formula is C20H29NO5. The average Bonchev–Trinajstić information content (AvgIpc) is 2.94. The van der Waals surface area contributed by atoms with Crippen LogP contribution >= 0.6 is 0 Å². The number of esters is 2. The van der Waals surface area contributed by atoms with E-state index in [0.717, 1.165) is 6.42 Å². The monoisotopic (exact) mass is 363 g/mol. The number of methoxy groups -OCH3 is 1. The Kier molecular flexibility index (Phi) is 7.80. The summed E-state index contributed by atoms with van der Waals surface area (Å²) in [6.45, 7) is 9.51. The summed E-state index contributed by atoms with van der Waals surface area (Å²) in [6.07, 6.45) is 0.832. The maximum Gasteiger partial charge on any atom is 0.328 e. The standard InChI is InChI=1S/C14H17NO3.C6H12O2/c1-10-8-9-15(12(10)14(17)18-2)13(16)11-6-4-3-5-7-11;1-5(7)8-6(2,3)4/h3-7,10,12H,8-9H2,1-2H3;1-4H3. The summed E-state index contributed by atoms with van der Waals surface area (Å²) in [4.78, 5) is 36.0. The highest BCUT2D eigenvalue weighted by Crippen LogP contribution is 2.26. The lowest BCUT2D eigenvalue weighted by molar-refractivity contribution is -0.152. The second-order valence-electron chi connectivity index (χ2n) is 7.30. The number of rotatable bonds is 2. The number of hydrogen-bond acceptors (Lipinski definition) is 5. The highest BCUT2D eigenvalue weighted by molar-refractivity contribution is 5.97. The molecule has 2 rings (SSSR count). The van der Waals surface area contributed by atoms with Gasteiger partial charge in [0.25, 0.3) is 5.91 Å². The Labute approximate surface area is 155 Å². The summed E-state index contributed by atoms with van der Waals surface area (Å²) in [5.74, 6) is -0.512. The molecule has 0 spiro atoms. The van der Waals surface area contributed by atoms with Gasteiger partial charge in [-0.15, -0.1) is 0 Å². The maximum atomic E-state index is 12.3. The van der Waals surface area contributed by atoms with Crippen LogP contribution in [0.1, 0.15) is 51.4 Å². The van der Waals surface area contributed by atoms with E-state index < -0.39 is 6.04 Å². The Morgan fingerprint density at radius 2 is 1.69 bits per heavy atom. The molecule has 2 atom stereocenters. The summed E-state index contributed by atoms with van der Waals surface area (Å²) in [6, 6.07) is 8.57. The fourth-order valence-electron chi connectivity index (χ4n) is 2.83. The Morgan fingerprint density at radius 1 is 1.12 bits per heavy atom. The van der Waals surface area contributed by atoms with Crippen molar-refractivity contribution in [2.75, 3.05) is 13.7 Å². The lowest BCUT2D eigenvalue weighted by Crippen LogP contribution is -2.43. The number of carbonyl (C=O) groups is 3. The highest BCUT2D eigenvalue weighted by atomic mass is 16.6. The van der Waals surface area contributed by atoms with Gasteiger partial charge >= 0.3 is 11.9 Å². The molecule has 1 amide bonds. The molecule has 1 aliphatic heterocycles. The summed E-state index contributed by atoms with van der Waals surface area (Å²) in [5, 5.41) is 0. The summed E-state index contributed by atoms with van der Waals surface area (Å²) >= 11 is 0. The van der Waals surface area contributed by atoms with Gasteiger partial charge < -0.3 is 14.4 Å². The number of nitrogens with zero attached hydrogens (tertiary/aromatic N) is 1. The SMILES string of the molecule is CC(=O)OC(C)(C)C.COC(=O)C1C(C)CCN1C(=O)c1ccccc1. The van der Waals surface area contributed by atoms with Gasteiger partial charge in [0.1, 0.15) is 11.6 Å². The van der Waals surface area contributed by atoms with Crippen LogP contribution in [0.15, 0.2) is 30.3 Å². The van der Waals surface area contributed by atoms with E-state index in [1.165, 1.54) is 14.0 Å². The highest BCUT2D eigenvalue weighted by Gasteiger charge is 2.40. The number of likely N-dealkylation sites (tertiary alicyclic amines) is 1. The first kappa shape index (κ1) is 21.7. The molecule has 1 heterocycles. The van der Waals surface area contributed by atoms with Crippen LogP contribution in [0.3, 0.4) is 0 Å². The van der Waals surface area contributed by atoms with Gasteiger partial charge in [0, 0.05) is 19.0 Å². The van der Waals surface area contributed by atoms with E-state index in [4.69, 9.17) is 9.47 Å². The van der Waals surface area contributed by atoms with E-state index in [1.807, 2.05) is 45.9 Å². The van der Waals surface area contributed by atoms with E-state index >= 15 is 0 Å². The molecule has 6 heteroatoms. The van der Waals surface area contributed by atoms with Crippen molar-refractivity contribution in [3.05, 3.63) is 35.9 Å². The van der Waals surface area contributed by atoms with E-state index in [1.54, 1.807) is 17.0 Å². The van der Waals surface area contributed by atoms with Gasteiger partial charge in [-0.3, -0.25) is 9.59 Å². The van der Waals surface area contributed by atoms with Crippen molar-refractivity contribution in [2.45, 2.75) is 52.7 Å². The first-order valence-electron chi connectivity index (χ1n) is 8.70. The number of benzene rings is 1. The molecule has 26 heavy (non-hydrogen) atoms. The van der Waals surface area contributed by atoms with Crippen LogP contribution < -0.4 is 0 Å². The van der Waals surface area contributed by atoms with E-state index in [9.17, 15) is 14.4 Å². The molecular weight excluding hydrogens is 334 g/mol. The number of amides is 1. The van der Waals surface area contributed by atoms with Crippen molar-refractivity contribution in [2.24, 2.45) is 5.92 Å². The van der Waals surface area contributed by atoms with Crippen LogP contribution in [0.2, 0.25) is 0 Å². The lowest BCUT2D eigenvalue weighted by atomic mass is 10.0. The molecule has 1 aromatic carbocycles. The van der Waals surface area contributed by atoms with E-state index in [-0.39, 0.29) is 29.4 Å². The number of carbonyl (C=O) groups excluding carboxylic acids is 3. The zero-order valence-electron chi connectivity index (χ0n) is 16.4. The third kappa shape index (κ3) is 6.50. The van der Waals surface area contributed by atoms with Crippen LogP contribution in [-0.2, 0) is 19.1 Å². The zero-order valence-corrected chi connectivity index (χ0v) is 16.4. The number of hydrogen-bond donors (Lipinski definition) is 0. The second kappa shape index (κ2) is 9.36. The van der Waals surface area contributed by atoms with Crippen molar-refractivity contribution in [3.63, 3.8) is 0 Å². The van der Waals surface area contributed by atoms with Gasteiger partial charge in [0.2, 0.25) is 0 Å². The molecule has 0 bridgehead atoms. The van der Waals surface area contributed by atoms with E-state index in [0.29, 0.717) is 12.1 Å². The van der Waals surface area contributed by atoms with Crippen LogP contribution in [0.4, 0.5) is 0 Å². The van der Waals surface area contributed by atoms with Crippen LogP contribution in [0, 0.1) is 5.92 Å².